The summed E-state index contributed by atoms with van der Waals surface area (Å²) in [6.07, 6.45) is 0. The van der Waals surface area contributed by atoms with Gasteiger partial charge in [0.25, 0.3) is 0 Å². The van der Waals surface area contributed by atoms with E-state index in [9.17, 15) is 0 Å². The Bertz CT molecular complexity index is 3140. The molecule has 53 heavy (non-hydrogen) atoms. The zero-order chi connectivity index (χ0) is 34.9. The van der Waals surface area contributed by atoms with Crippen molar-refractivity contribution in [1.82, 2.24) is 19.5 Å². The molecule has 2 heterocycles. The summed E-state index contributed by atoms with van der Waals surface area (Å²) < 4.78 is 2.46. The SMILES string of the molecule is c1ccc(-c2nc(-c3ccccc3)nc(-c3ccc(-n4c5ccc6ccccc6c5c5c6c7ccccc7ccc6c6ccccc6c54)cc3)n2)cc1. The summed E-state index contributed by atoms with van der Waals surface area (Å²) in [4.78, 5) is 14.9. The normalized spacial score (nSPS) is 11.8. The first-order valence-corrected chi connectivity index (χ1v) is 18.0. The maximum absolute atomic E-state index is 5.00. The van der Waals surface area contributed by atoms with Crippen molar-refractivity contribution in [2.24, 2.45) is 0 Å². The summed E-state index contributed by atoms with van der Waals surface area (Å²) in [6, 6.07) is 64.5. The van der Waals surface area contributed by atoms with Crippen LogP contribution in [0.25, 0.3) is 105 Å². The molecule has 2 aromatic heterocycles. The highest BCUT2D eigenvalue weighted by atomic mass is 15.0. The van der Waals surface area contributed by atoms with Crippen molar-refractivity contribution in [3.8, 4) is 39.9 Å². The van der Waals surface area contributed by atoms with E-state index in [0.29, 0.717) is 17.5 Å². The maximum Gasteiger partial charge on any atom is 0.164 e. The van der Waals surface area contributed by atoms with Gasteiger partial charge in [0.05, 0.1) is 11.0 Å². The smallest absolute Gasteiger partial charge is 0.164 e. The molecule has 0 N–H and O–H groups in total. The fourth-order valence-electron chi connectivity index (χ4n) is 8.21. The minimum atomic E-state index is 0.639. The highest BCUT2D eigenvalue weighted by Gasteiger charge is 2.22. The second-order valence-corrected chi connectivity index (χ2v) is 13.6. The molecular formula is C49H30N4. The van der Waals surface area contributed by atoms with Gasteiger partial charge in [-0.25, -0.2) is 15.0 Å². The Morgan fingerprint density at radius 2 is 0.774 bits per heavy atom. The molecule has 0 amide bonds. The van der Waals surface area contributed by atoms with Gasteiger partial charge < -0.3 is 4.57 Å². The van der Waals surface area contributed by atoms with Crippen molar-refractivity contribution in [1.29, 1.82) is 0 Å². The van der Waals surface area contributed by atoms with Gasteiger partial charge in [0.1, 0.15) is 0 Å². The quantitative estimate of drug-likeness (QED) is 0.175. The molecule has 11 rings (SSSR count). The molecule has 0 aliphatic carbocycles. The lowest BCUT2D eigenvalue weighted by Crippen LogP contribution is -2.00. The molecule has 0 saturated carbocycles. The Morgan fingerprint density at radius 1 is 0.302 bits per heavy atom. The molecule has 0 aliphatic heterocycles. The minimum Gasteiger partial charge on any atom is -0.309 e. The molecule has 246 valence electrons. The number of hydrogen-bond acceptors (Lipinski definition) is 3. The van der Waals surface area contributed by atoms with Crippen LogP contribution in [0.2, 0.25) is 0 Å². The van der Waals surface area contributed by atoms with E-state index in [1.54, 1.807) is 0 Å². The molecule has 4 nitrogen and oxygen atoms in total. The highest BCUT2D eigenvalue weighted by molar-refractivity contribution is 6.39. The number of nitrogens with zero attached hydrogens (tertiary/aromatic N) is 4. The number of benzene rings is 9. The molecule has 0 aliphatic rings. The van der Waals surface area contributed by atoms with Crippen LogP contribution in [0.15, 0.2) is 182 Å². The van der Waals surface area contributed by atoms with Gasteiger partial charge in [-0.05, 0) is 62.6 Å². The molecule has 9 aromatic carbocycles. The van der Waals surface area contributed by atoms with E-state index < -0.39 is 0 Å². The molecule has 0 radical (unpaired) electrons. The zero-order valence-corrected chi connectivity index (χ0v) is 28.6. The van der Waals surface area contributed by atoms with Crippen molar-refractivity contribution >= 4 is 64.9 Å². The summed E-state index contributed by atoms with van der Waals surface area (Å²) in [5.74, 6) is 1.94. The summed E-state index contributed by atoms with van der Waals surface area (Å²) >= 11 is 0. The summed E-state index contributed by atoms with van der Waals surface area (Å²) in [7, 11) is 0. The van der Waals surface area contributed by atoms with E-state index in [-0.39, 0.29) is 0 Å². The molecular weight excluding hydrogens is 645 g/mol. The molecule has 0 bridgehead atoms. The molecule has 0 unspecified atom stereocenters. The Kier molecular flexibility index (Phi) is 6.52. The van der Waals surface area contributed by atoms with E-state index in [1.165, 1.54) is 64.9 Å². The van der Waals surface area contributed by atoms with E-state index in [1.807, 2.05) is 60.7 Å². The zero-order valence-electron chi connectivity index (χ0n) is 28.6. The first-order valence-electron chi connectivity index (χ1n) is 18.0. The van der Waals surface area contributed by atoms with Crippen molar-refractivity contribution in [2.75, 3.05) is 0 Å². The first kappa shape index (κ1) is 29.5. The molecule has 0 atom stereocenters. The van der Waals surface area contributed by atoms with Crippen LogP contribution >= 0.6 is 0 Å². The second-order valence-electron chi connectivity index (χ2n) is 13.6. The number of aromatic nitrogens is 4. The highest BCUT2D eigenvalue weighted by Crippen LogP contribution is 2.46. The molecule has 11 aromatic rings. The van der Waals surface area contributed by atoms with Crippen LogP contribution in [-0.4, -0.2) is 19.5 Å². The summed E-state index contributed by atoms with van der Waals surface area (Å²) in [5.41, 5.74) is 6.30. The number of hydrogen-bond donors (Lipinski definition) is 0. The van der Waals surface area contributed by atoms with E-state index in [0.717, 1.165) is 22.4 Å². The Labute approximate surface area is 305 Å². The molecule has 0 spiro atoms. The van der Waals surface area contributed by atoms with Crippen LogP contribution in [0.1, 0.15) is 0 Å². The van der Waals surface area contributed by atoms with Gasteiger partial charge >= 0.3 is 0 Å². The minimum absolute atomic E-state index is 0.639. The van der Waals surface area contributed by atoms with Crippen LogP contribution < -0.4 is 0 Å². The van der Waals surface area contributed by atoms with Crippen molar-refractivity contribution in [3.05, 3.63) is 182 Å². The average molecular weight is 675 g/mol. The van der Waals surface area contributed by atoms with Crippen molar-refractivity contribution in [2.45, 2.75) is 0 Å². The topological polar surface area (TPSA) is 43.6 Å². The summed E-state index contributed by atoms with van der Waals surface area (Å²) in [5, 5.41) is 12.6. The third kappa shape index (κ3) is 4.59. The second kappa shape index (κ2) is 11.7. The number of fused-ring (bicyclic) bond motifs is 12. The number of rotatable bonds is 4. The molecule has 4 heteroatoms. The fourth-order valence-corrected chi connectivity index (χ4v) is 8.21. The Hall–Kier alpha value is -7.17. The predicted molar refractivity (Wildman–Crippen MR) is 220 cm³/mol. The van der Waals surface area contributed by atoms with Gasteiger partial charge in [0.2, 0.25) is 0 Å². The predicted octanol–water partition coefficient (Wildman–Crippen LogP) is 12.6. The van der Waals surface area contributed by atoms with Gasteiger partial charge in [-0.1, -0.05) is 152 Å². The average Bonchev–Trinajstić information content (AvgIpc) is 3.60. The largest absolute Gasteiger partial charge is 0.309 e. The van der Waals surface area contributed by atoms with Crippen molar-refractivity contribution in [3.63, 3.8) is 0 Å². The van der Waals surface area contributed by atoms with E-state index in [2.05, 4.69) is 126 Å². The van der Waals surface area contributed by atoms with Gasteiger partial charge in [-0.3, -0.25) is 0 Å². The monoisotopic (exact) mass is 674 g/mol. The van der Waals surface area contributed by atoms with E-state index in [4.69, 9.17) is 15.0 Å². The van der Waals surface area contributed by atoms with Crippen LogP contribution in [0.4, 0.5) is 0 Å². The maximum atomic E-state index is 5.00. The van der Waals surface area contributed by atoms with Crippen LogP contribution in [0.3, 0.4) is 0 Å². The third-order valence-corrected chi connectivity index (χ3v) is 10.6. The van der Waals surface area contributed by atoms with Crippen molar-refractivity contribution < 1.29 is 0 Å². The van der Waals surface area contributed by atoms with E-state index >= 15 is 0 Å². The third-order valence-electron chi connectivity index (χ3n) is 10.6. The lowest BCUT2D eigenvalue weighted by atomic mass is 9.92. The Balaban J connectivity index is 1.20. The summed E-state index contributed by atoms with van der Waals surface area (Å²) in [6.45, 7) is 0. The van der Waals surface area contributed by atoms with Gasteiger partial charge in [-0.15, -0.1) is 0 Å². The lowest BCUT2D eigenvalue weighted by molar-refractivity contribution is 1.07. The van der Waals surface area contributed by atoms with Gasteiger partial charge in [0.15, 0.2) is 17.5 Å². The van der Waals surface area contributed by atoms with Crippen LogP contribution in [0, 0.1) is 0 Å². The Morgan fingerprint density at radius 3 is 1.38 bits per heavy atom. The lowest BCUT2D eigenvalue weighted by Gasteiger charge is -2.14. The van der Waals surface area contributed by atoms with Crippen LogP contribution in [-0.2, 0) is 0 Å². The molecule has 0 saturated heterocycles. The van der Waals surface area contributed by atoms with Gasteiger partial charge in [-0.2, -0.15) is 0 Å². The standard InChI is InChI=1S/C49H30N4/c1-3-15-33(16-4-1)47-50-48(34-17-5-2-6-18-34)52-49(51-47)35-23-27-36(28-24-35)53-42-30-26-32-14-8-10-20-38(32)44(42)45-43-37-19-9-7-13-31(37)25-29-40(43)39-21-11-12-22-41(39)46(45)53/h1-30H. The van der Waals surface area contributed by atoms with Crippen LogP contribution in [0.5, 0.6) is 0 Å². The molecule has 0 fully saturated rings. The van der Waals surface area contributed by atoms with Gasteiger partial charge in [0, 0.05) is 43.9 Å². The fraction of sp³-hybridized carbons (Fsp3) is 0. The first-order chi connectivity index (χ1) is 26.3.